The first-order valence-electron chi connectivity index (χ1n) is 9.66. The molecule has 0 saturated heterocycles. The molecule has 0 atom stereocenters. The number of aromatic hydroxyl groups is 1. The van der Waals surface area contributed by atoms with Gasteiger partial charge in [-0.05, 0) is 36.4 Å². The van der Waals surface area contributed by atoms with Crippen LogP contribution in [-0.2, 0) is 0 Å². The molecule has 2 N–H and O–H groups in total. The lowest BCUT2D eigenvalue weighted by molar-refractivity contribution is 0.112. The van der Waals surface area contributed by atoms with Gasteiger partial charge < -0.3 is 24.6 Å². The molecule has 1 heterocycles. The Morgan fingerprint density at radius 3 is 2.19 bits per heavy atom. The highest BCUT2D eigenvalue weighted by Gasteiger charge is 2.12. The molecule has 7 nitrogen and oxygen atoms in total. The van der Waals surface area contributed by atoms with Crippen molar-refractivity contribution in [2.45, 2.75) is 0 Å². The maximum atomic E-state index is 10.6. The molecule has 0 aliphatic heterocycles. The van der Waals surface area contributed by atoms with Gasteiger partial charge in [-0.2, -0.15) is 0 Å². The number of carbonyl (C=O) groups excluding carboxylic acids is 1. The summed E-state index contributed by atoms with van der Waals surface area (Å²) in [6, 6.07) is 16.7. The predicted molar refractivity (Wildman–Crippen MR) is 128 cm³/mol. The number of rotatable bonds is 6. The van der Waals surface area contributed by atoms with Crippen molar-refractivity contribution in [3.8, 4) is 33.6 Å². The summed E-state index contributed by atoms with van der Waals surface area (Å²) in [5.41, 5.74) is 3.11. The number of nitrogens with zero attached hydrogens (tertiary/aromatic N) is 1. The van der Waals surface area contributed by atoms with Crippen molar-refractivity contribution < 1.29 is 24.1 Å². The van der Waals surface area contributed by atoms with Crippen LogP contribution in [0.25, 0.3) is 20.8 Å². The lowest BCUT2D eigenvalue weighted by Crippen LogP contribution is -1.96. The molecule has 0 amide bonds. The first kappa shape index (κ1) is 22.9. The minimum absolute atomic E-state index is 0.251. The Labute approximate surface area is 190 Å². The van der Waals surface area contributed by atoms with Gasteiger partial charge in [0.1, 0.15) is 17.0 Å². The van der Waals surface area contributed by atoms with Crippen LogP contribution >= 0.6 is 11.3 Å². The number of thiazole rings is 1. The summed E-state index contributed by atoms with van der Waals surface area (Å²) in [6.07, 6.45) is 0.727. The van der Waals surface area contributed by atoms with Crippen LogP contribution in [0.3, 0.4) is 0 Å². The third-order valence-corrected chi connectivity index (χ3v) is 5.70. The molecule has 8 heteroatoms. The van der Waals surface area contributed by atoms with E-state index in [0.29, 0.717) is 22.8 Å². The molecule has 4 aromatic rings. The summed E-state index contributed by atoms with van der Waals surface area (Å²) in [7, 11) is 6.35. The Morgan fingerprint density at radius 1 is 0.969 bits per heavy atom. The van der Waals surface area contributed by atoms with Crippen molar-refractivity contribution in [1.29, 1.82) is 0 Å². The maximum absolute atomic E-state index is 10.6. The van der Waals surface area contributed by atoms with Gasteiger partial charge in [0.05, 0.1) is 37.1 Å². The van der Waals surface area contributed by atoms with Crippen molar-refractivity contribution in [3.63, 3.8) is 0 Å². The number of aldehydes is 1. The quantitative estimate of drug-likeness (QED) is 0.387. The molecule has 0 bridgehead atoms. The standard InChI is InChI=1S/C14H12N2OS.C10H12O4/c1-15-9-6-7-10(12(17)8-9)14-16-11-4-2-3-5-13(11)18-14;1-12-8-4-7(6-11)5-9(13-2)10(8)14-3/h2-8,15,17H,1H3;4-6H,1-3H3. The number of phenolic OH excluding ortho intramolecular Hbond substituents is 1. The van der Waals surface area contributed by atoms with E-state index in [9.17, 15) is 9.90 Å². The van der Waals surface area contributed by atoms with Crippen molar-refractivity contribution in [3.05, 3.63) is 60.2 Å². The van der Waals surface area contributed by atoms with Crippen LogP contribution in [-0.4, -0.2) is 44.8 Å². The topological polar surface area (TPSA) is 89.9 Å². The number of benzene rings is 3. The van der Waals surface area contributed by atoms with Gasteiger partial charge in [0.15, 0.2) is 11.5 Å². The lowest BCUT2D eigenvalue weighted by Gasteiger charge is -2.11. The Hall–Kier alpha value is -3.78. The number of carbonyl (C=O) groups is 1. The number of para-hydroxylation sites is 1. The molecule has 166 valence electrons. The summed E-state index contributed by atoms with van der Waals surface area (Å²) in [5, 5.41) is 13.9. The van der Waals surface area contributed by atoms with Crippen LogP contribution in [0.15, 0.2) is 54.6 Å². The van der Waals surface area contributed by atoms with Crippen LogP contribution in [0.2, 0.25) is 0 Å². The SMILES string of the molecule is CNc1ccc(-c2nc3ccccc3s2)c(O)c1.COc1cc(C=O)cc(OC)c1OC. The third kappa shape index (κ3) is 4.92. The van der Waals surface area contributed by atoms with Crippen molar-refractivity contribution in [1.82, 2.24) is 4.98 Å². The number of hydrogen-bond donors (Lipinski definition) is 2. The van der Waals surface area contributed by atoms with E-state index in [-0.39, 0.29) is 5.75 Å². The van der Waals surface area contributed by atoms with Gasteiger partial charge in [0, 0.05) is 24.4 Å². The van der Waals surface area contributed by atoms with E-state index in [2.05, 4.69) is 10.3 Å². The molecule has 0 radical (unpaired) electrons. The Bertz CT molecular complexity index is 1160. The molecule has 0 saturated carbocycles. The van der Waals surface area contributed by atoms with E-state index in [0.717, 1.165) is 32.8 Å². The van der Waals surface area contributed by atoms with Crippen LogP contribution in [0.1, 0.15) is 10.4 Å². The molecule has 0 aliphatic rings. The zero-order valence-electron chi connectivity index (χ0n) is 18.2. The first-order valence-corrected chi connectivity index (χ1v) is 10.5. The highest BCUT2D eigenvalue weighted by Crippen LogP contribution is 2.38. The van der Waals surface area contributed by atoms with Gasteiger partial charge in [-0.15, -0.1) is 11.3 Å². The molecule has 3 aromatic carbocycles. The summed E-state index contributed by atoms with van der Waals surface area (Å²) < 4.78 is 16.3. The molecular weight excluding hydrogens is 428 g/mol. The minimum Gasteiger partial charge on any atom is -0.507 e. The Balaban J connectivity index is 0.000000188. The van der Waals surface area contributed by atoms with Crippen LogP contribution in [0, 0.1) is 0 Å². The van der Waals surface area contributed by atoms with Crippen molar-refractivity contribution in [2.24, 2.45) is 0 Å². The van der Waals surface area contributed by atoms with Gasteiger partial charge in [-0.1, -0.05) is 12.1 Å². The molecule has 0 fully saturated rings. The summed E-state index contributed by atoms with van der Waals surface area (Å²) in [4.78, 5) is 15.1. The van der Waals surface area contributed by atoms with Crippen LogP contribution in [0.5, 0.6) is 23.0 Å². The molecule has 0 unspecified atom stereocenters. The van der Waals surface area contributed by atoms with E-state index < -0.39 is 0 Å². The van der Waals surface area contributed by atoms with E-state index in [4.69, 9.17) is 14.2 Å². The third-order valence-electron chi connectivity index (χ3n) is 4.63. The fourth-order valence-corrected chi connectivity index (χ4v) is 4.02. The fourth-order valence-electron chi connectivity index (χ4n) is 3.02. The number of anilines is 1. The summed E-state index contributed by atoms with van der Waals surface area (Å²) in [6.45, 7) is 0. The summed E-state index contributed by atoms with van der Waals surface area (Å²) in [5.74, 6) is 1.70. The fraction of sp³-hybridized carbons (Fsp3) is 0.167. The highest BCUT2D eigenvalue weighted by atomic mass is 32.1. The molecule has 32 heavy (non-hydrogen) atoms. The minimum atomic E-state index is 0.251. The second-order valence-corrected chi connectivity index (χ2v) is 7.58. The molecule has 0 aliphatic carbocycles. The lowest BCUT2D eigenvalue weighted by atomic mass is 10.2. The van der Waals surface area contributed by atoms with E-state index in [1.165, 1.54) is 21.3 Å². The average molecular weight is 453 g/mol. The second kappa shape index (κ2) is 10.5. The zero-order valence-corrected chi connectivity index (χ0v) is 19.0. The van der Waals surface area contributed by atoms with Gasteiger partial charge >= 0.3 is 0 Å². The number of fused-ring (bicyclic) bond motifs is 1. The largest absolute Gasteiger partial charge is 0.507 e. The highest BCUT2D eigenvalue weighted by molar-refractivity contribution is 7.21. The van der Waals surface area contributed by atoms with Gasteiger partial charge in [-0.25, -0.2) is 4.98 Å². The zero-order chi connectivity index (χ0) is 23.1. The van der Waals surface area contributed by atoms with Crippen LogP contribution < -0.4 is 19.5 Å². The first-order chi connectivity index (χ1) is 15.5. The number of hydrogen-bond acceptors (Lipinski definition) is 8. The van der Waals surface area contributed by atoms with Gasteiger partial charge in [-0.3, -0.25) is 4.79 Å². The average Bonchev–Trinajstić information content (AvgIpc) is 3.27. The van der Waals surface area contributed by atoms with Crippen molar-refractivity contribution >= 4 is 33.5 Å². The number of ether oxygens (including phenoxy) is 3. The Kier molecular flexibility index (Phi) is 7.51. The van der Waals surface area contributed by atoms with E-state index in [1.807, 2.05) is 43.4 Å². The molecule has 4 rings (SSSR count). The molecule has 1 aromatic heterocycles. The Morgan fingerprint density at radius 2 is 1.66 bits per heavy atom. The number of aromatic nitrogens is 1. The monoisotopic (exact) mass is 452 g/mol. The van der Waals surface area contributed by atoms with Gasteiger partial charge in [0.2, 0.25) is 5.75 Å². The number of phenols is 1. The summed E-state index contributed by atoms with van der Waals surface area (Å²) >= 11 is 1.59. The van der Waals surface area contributed by atoms with Gasteiger partial charge in [0.25, 0.3) is 0 Å². The van der Waals surface area contributed by atoms with E-state index in [1.54, 1.807) is 29.5 Å². The normalized spacial score (nSPS) is 10.1. The maximum Gasteiger partial charge on any atom is 0.203 e. The second-order valence-electron chi connectivity index (χ2n) is 6.55. The molecule has 0 spiro atoms. The van der Waals surface area contributed by atoms with Crippen molar-refractivity contribution in [2.75, 3.05) is 33.7 Å². The molecular formula is C24H24N2O5S. The van der Waals surface area contributed by atoms with E-state index >= 15 is 0 Å². The number of methoxy groups -OCH3 is 3. The smallest absolute Gasteiger partial charge is 0.203 e. The van der Waals surface area contributed by atoms with Crippen LogP contribution in [0.4, 0.5) is 5.69 Å². The number of nitrogens with one attached hydrogen (secondary N) is 1. The predicted octanol–water partition coefficient (Wildman–Crippen LogP) is 5.24.